The maximum atomic E-state index is 12.8. The standard InChI is InChI=1S/C16H27N5O3S/c22-16(6-5-15-13-17-18-14-15)19-7-4-10-21(12-11-19)25(23,24)20-8-2-1-3-9-20/h13-14H,1-12H2,(H,17,18). The first-order valence-electron chi connectivity index (χ1n) is 9.08. The van der Waals surface area contributed by atoms with Crippen LogP contribution < -0.4 is 0 Å². The van der Waals surface area contributed by atoms with E-state index in [0.717, 1.165) is 24.8 Å². The van der Waals surface area contributed by atoms with Crippen LogP contribution in [0, 0.1) is 0 Å². The van der Waals surface area contributed by atoms with Gasteiger partial charge in [0.05, 0.1) is 6.20 Å². The molecule has 2 saturated heterocycles. The fraction of sp³-hybridized carbons (Fsp3) is 0.750. The van der Waals surface area contributed by atoms with Crippen molar-refractivity contribution in [2.24, 2.45) is 0 Å². The van der Waals surface area contributed by atoms with Crippen molar-refractivity contribution in [1.29, 1.82) is 0 Å². The minimum Gasteiger partial charge on any atom is -0.341 e. The number of aromatic amines is 1. The molecule has 1 amide bonds. The molecule has 0 unspecified atom stereocenters. The molecule has 2 aliphatic rings. The molecule has 0 spiro atoms. The molecular weight excluding hydrogens is 342 g/mol. The SMILES string of the molecule is O=C(CCc1cn[nH]c1)N1CCCN(S(=O)(=O)N2CCCCC2)CC1. The molecule has 0 bridgehead atoms. The summed E-state index contributed by atoms with van der Waals surface area (Å²) in [5.41, 5.74) is 1.01. The summed E-state index contributed by atoms with van der Waals surface area (Å²) in [6.07, 6.45) is 8.26. The van der Waals surface area contributed by atoms with Gasteiger partial charge in [0.25, 0.3) is 10.2 Å². The molecule has 9 heteroatoms. The highest BCUT2D eigenvalue weighted by atomic mass is 32.2. The van der Waals surface area contributed by atoms with Gasteiger partial charge in [-0.3, -0.25) is 9.89 Å². The second-order valence-electron chi connectivity index (χ2n) is 6.71. The number of nitrogens with one attached hydrogen (secondary N) is 1. The van der Waals surface area contributed by atoms with E-state index in [4.69, 9.17) is 0 Å². The lowest BCUT2D eigenvalue weighted by Gasteiger charge is -2.31. The van der Waals surface area contributed by atoms with Crippen molar-refractivity contribution in [1.82, 2.24) is 23.7 Å². The first-order valence-corrected chi connectivity index (χ1v) is 10.5. The first kappa shape index (κ1) is 18.3. The Morgan fingerprint density at radius 1 is 1.00 bits per heavy atom. The van der Waals surface area contributed by atoms with Crippen molar-refractivity contribution in [2.45, 2.75) is 38.5 Å². The Labute approximate surface area is 149 Å². The number of amides is 1. The van der Waals surface area contributed by atoms with Crippen LogP contribution in [0.3, 0.4) is 0 Å². The van der Waals surface area contributed by atoms with Gasteiger partial charge in [-0.2, -0.15) is 22.1 Å². The Bertz CT molecular complexity index is 655. The van der Waals surface area contributed by atoms with E-state index in [-0.39, 0.29) is 5.91 Å². The predicted molar refractivity (Wildman–Crippen MR) is 94.0 cm³/mol. The molecule has 8 nitrogen and oxygen atoms in total. The van der Waals surface area contributed by atoms with Gasteiger partial charge in [0, 0.05) is 51.9 Å². The van der Waals surface area contributed by atoms with Crippen LogP contribution in [0.2, 0.25) is 0 Å². The van der Waals surface area contributed by atoms with Gasteiger partial charge in [0.15, 0.2) is 0 Å². The van der Waals surface area contributed by atoms with Crippen LogP contribution in [0.25, 0.3) is 0 Å². The van der Waals surface area contributed by atoms with Gasteiger partial charge >= 0.3 is 0 Å². The Morgan fingerprint density at radius 2 is 1.72 bits per heavy atom. The van der Waals surface area contributed by atoms with Gasteiger partial charge in [0.2, 0.25) is 5.91 Å². The molecule has 0 radical (unpaired) electrons. The van der Waals surface area contributed by atoms with Crippen LogP contribution in [0.4, 0.5) is 0 Å². The monoisotopic (exact) mass is 369 g/mol. The average Bonchev–Trinajstić information content (AvgIpc) is 3.02. The highest BCUT2D eigenvalue weighted by Crippen LogP contribution is 2.18. The third-order valence-corrected chi connectivity index (χ3v) is 6.99. The fourth-order valence-corrected chi connectivity index (χ4v) is 5.17. The van der Waals surface area contributed by atoms with Gasteiger partial charge in [-0.15, -0.1) is 0 Å². The van der Waals surface area contributed by atoms with E-state index in [0.29, 0.717) is 58.5 Å². The number of carbonyl (C=O) groups is 1. The predicted octanol–water partition coefficient (Wildman–Crippen LogP) is 0.607. The van der Waals surface area contributed by atoms with Crippen molar-refractivity contribution in [3.8, 4) is 0 Å². The summed E-state index contributed by atoms with van der Waals surface area (Å²) in [7, 11) is -3.39. The zero-order valence-electron chi connectivity index (χ0n) is 14.6. The van der Waals surface area contributed by atoms with Crippen molar-refractivity contribution >= 4 is 16.1 Å². The van der Waals surface area contributed by atoms with E-state index in [9.17, 15) is 13.2 Å². The zero-order valence-corrected chi connectivity index (χ0v) is 15.4. The molecule has 25 heavy (non-hydrogen) atoms. The Balaban J connectivity index is 1.53. The van der Waals surface area contributed by atoms with Crippen LogP contribution in [0.15, 0.2) is 12.4 Å². The molecule has 1 aromatic heterocycles. The fourth-order valence-electron chi connectivity index (χ4n) is 3.46. The quantitative estimate of drug-likeness (QED) is 0.823. The lowest BCUT2D eigenvalue weighted by molar-refractivity contribution is -0.131. The average molecular weight is 369 g/mol. The molecular formula is C16H27N5O3S. The number of H-pyrrole nitrogens is 1. The molecule has 140 valence electrons. The van der Waals surface area contributed by atoms with Gasteiger partial charge in [0.1, 0.15) is 0 Å². The molecule has 0 saturated carbocycles. The maximum Gasteiger partial charge on any atom is 0.282 e. The molecule has 1 N–H and O–H groups in total. The third-order valence-electron chi connectivity index (χ3n) is 4.96. The van der Waals surface area contributed by atoms with E-state index in [2.05, 4.69) is 10.2 Å². The van der Waals surface area contributed by atoms with Crippen LogP contribution in [-0.2, 0) is 21.4 Å². The Hall–Kier alpha value is -1.45. The zero-order chi connectivity index (χ0) is 17.7. The number of piperidine rings is 1. The summed E-state index contributed by atoms with van der Waals surface area (Å²) in [4.78, 5) is 14.2. The Morgan fingerprint density at radius 3 is 2.44 bits per heavy atom. The van der Waals surface area contributed by atoms with Crippen molar-refractivity contribution in [3.63, 3.8) is 0 Å². The second-order valence-corrected chi connectivity index (χ2v) is 8.64. The van der Waals surface area contributed by atoms with E-state index in [1.54, 1.807) is 25.9 Å². The van der Waals surface area contributed by atoms with Gasteiger partial charge < -0.3 is 4.90 Å². The third kappa shape index (κ3) is 4.59. The maximum absolute atomic E-state index is 12.8. The Kier molecular flexibility index (Phi) is 6.08. The van der Waals surface area contributed by atoms with Crippen LogP contribution >= 0.6 is 0 Å². The van der Waals surface area contributed by atoms with Crippen molar-refractivity contribution in [2.75, 3.05) is 39.3 Å². The highest BCUT2D eigenvalue weighted by Gasteiger charge is 2.32. The van der Waals surface area contributed by atoms with Crippen molar-refractivity contribution < 1.29 is 13.2 Å². The summed E-state index contributed by atoms with van der Waals surface area (Å²) < 4.78 is 28.7. The molecule has 3 rings (SSSR count). The van der Waals surface area contributed by atoms with Crippen LogP contribution in [-0.4, -0.2) is 77.3 Å². The van der Waals surface area contributed by atoms with E-state index < -0.39 is 10.2 Å². The van der Waals surface area contributed by atoms with Crippen molar-refractivity contribution in [3.05, 3.63) is 18.0 Å². The number of rotatable bonds is 5. The minimum absolute atomic E-state index is 0.0819. The molecule has 3 heterocycles. The summed E-state index contributed by atoms with van der Waals surface area (Å²) in [6.45, 7) is 3.20. The van der Waals surface area contributed by atoms with Gasteiger partial charge in [-0.1, -0.05) is 6.42 Å². The summed E-state index contributed by atoms with van der Waals surface area (Å²) in [6, 6.07) is 0. The molecule has 2 fully saturated rings. The molecule has 0 atom stereocenters. The van der Waals surface area contributed by atoms with Crippen LogP contribution in [0.1, 0.15) is 37.7 Å². The number of hydrogen-bond acceptors (Lipinski definition) is 4. The normalized spacial score (nSPS) is 21.2. The smallest absolute Gasteiger partial charge is 0.282 e. The molecule has 2 aliphatic heterocycles. The van der Waals surface area contributed by atoms with Gasteiger partial charge in [-0.05, 0) is 31.2 Å². The van der Waals surface area contributed by atoms with Crippen LogP contribution in [0.5, 0.6) is 0 Å². The van der Waals surface area contributed by atoms with E-state index >= 15 is 0 Å². The molecule has 1 aromatic rings. The number of carbonyl (C=O) groups excluding carboxylic acids is 1. The van der Waals surface area contributed by atoms with E-state index in [1.165, 1.54) is 0 Å². The van der Waals surface area contributed by atoms with Gasteiger partial charge in [-0.25, -0.2) is 0 Å². The highest BCUT2D eigenvalue weighted by molar-refractivity contribution is 7.86. The minimum atomic E-state index is -3.39. The number of nitrogens with zero attached hydrogens (tertiary/aromatic N) is 4. The molecule has 0 aliphatic carbocycles. The number of hydrogen-bond donors (Lipinski definition) is 1. The topological polar surface area (TPSA) is 89.6 Å². The lowest BCUT2D eigenvalue weighted by Crippen LogP contribution is -2.47. The summed E-state index contributed by atoms with van der Waals surface area (Å²) in [5.74, 6) is 0.0819. The summed E-state index contributed by atoms with van der Waals surface area (Å²) >= 11 is 0. The first-order chi connectivity index (χ1) is 12.1. The summed E-state index contributed by atoms with van der Waals surface area (Å²) in [5, 5.41) is 6.62. The second kappa shape index (κ2) is 8.29. The number of aromatic nitrogens is 2. The number of aryl methyl sites for hydroxylation is 1. The molecule has 0 aromatic carbocycles. The lowest BCUT2D eigenvalue weighted by atomic mass is 10.2. The largest absolute Gasteiger partial charge is 0.341 e. The van der Waals surface area contributed by atoms with E-state index in [1.807, 2.05) is 0 Å².